The summed E-state index contributed by atoms with van der Waals surface area (Å²) in [6.07, 6.45) is 1.49. The SMILES string of the molecule is OCc1ccc(OC2C=CCCC2)c(C(F)(F)F)c1. The second kappa shape index (κ2) is 5.65. The van der Waals surface area contributed by atoms with Gasteiger partial charge < -0.3 is 9.84 Å². The normalized spacial score (nSPS) is 19.5. The van der Waals surface area contributed by atoms with Crippen LogP contribution in [0.2, 0.25) is 0 Å². The zero-order valence-electron chi connectivity index (χ0n) is 10.3. The molecule has 5 heteroatoms. The van der Waals surface area contributed by atoms with Gasteiger partial charge in [-0.2, -0.15) is 13.2 Å². The third-order valence-corrected chi connectivity index (χ3v) is 3.02. The molecule has 1 N–H and O–H groups in total. The molecule has 0 radical (unpaired) electrons. The standard InChI is InChI=1S/C14H15F3O2/c15-14(16,17)12-8-10(9-18)6-7-13(12)19-11-4-2-1-3-5-11/h2,4,6-8,11,18H,1,3,5,9H2. The van der Waals surface area contributed by atoms with Crippen molar-refractivity contribution < 1.29 is 23.0 Å². The Labute approximate surface area is 109 Å². The van der Waals surface area contributed by atoms with E-state index in [0.717, 1.165) is 25.3 Å². The molecular formula is C14H15F3O2. The lowest BCUT2D eigenvalue weighted by molar-refractivity contribution is -0.139. The summed E-state index contributed by atoms with van der Waals surface area (Å²) in [6, 6.07) is 3.65. The lowest BCUT2D eigenvalue weighted by atomic mass is 10.0. The fraction of sp³-hybridized carbons (Fsp3) is 0.429. The van der Waals surface area contributed by atoms with Crippen LogP contribution in [0.3, 0.4) is 0 Å². The Morgan fingerprint density at radius 2 is 2.11 bits per heavy atom. The van der Waals surface area contributed by atoms with Gasteiger partial charge in [-0.15, -0.1) is 0 Å². The van der Waals surface area contributed by atoms with Crippen molar-refractivity contribution in [3.05, 3.63) is 41.5 Å². The van der Waals surface area contributed by atoms with Crippen molar-refractivity contribution in [2.24, 2.45) is 0 Å². The van der Waals surface area contributed by atoms with Crippen molar-refractivity contribution >= 4 is 0 Å². The molecule has 0 aromatic heterocycles. The summed E-state index contributed by atoms with van der Waals surface area (Å²) in [7, 11) is 0. The second-order valence-corrected chi connectivity index (χ2v) is 4.50. The topological polar surface area (TPSA) is 29.5 Å². The van der Waals surface area contributed by atoms with Crippen molar-refractivity contribution in [3.63, 3.8) is 0 Å². The number of hydrogen-bond acceptors (Lipinski definition) is 2. The second-order valence-electron chi connectivity index (χ2n) is 4.50. The van der Waals surface area contributed by atoms with Gasteiger partial charge in [0.1, 0.15) is 11.9 Å². The third kappa shape index (κ3) is 3.50. The minimum atomic E-state index is -4.49. The Kier molecular flexibility index (Phi) is 4.14. The average Bonchev–Trinajstić information content (AvgIpc) is 2.39. The van der Waals surface area contributed by atoms with E-state index >= 15 is 0 Å². The van der Waals surface area contributed by atoms with Gasteiger partial charge in [-0.25, -0.2) is 0 Å². The van der Waals surface area contributed by atoms with Gasteiger partial charge in [-0.3, -0.25) is 0 Å². The van der Waals surface area contributed by atoms with Gasteiger partial charge in [0.05, 0.1) is 12.2 Å². The first kappa shape index (κ1) is 13.9. The predicted octanol–water partition coefficient (Wildman–Crippen LogP) is 3.69. The van der Waals surface area contributed by atoms with Crippen LogP contribution in [0.15, 0.2) is 30.4 Å². The smallest absolute Gasteiger partial charge is 0.419 e. The number of alkyl halides is 3. The summed E-state index contributed by atoms with van der Waals surface area (Å²) >= 11 is 0. The first-order valence-corrected chi connectivity index (χ1v) is 6.15. The molecule has 1 unspecified atom stereocenters. The average molecular weight is 272 g/mol. The molecule has 2 nitrogen and oxygen atoms in total. The predicted molar refractivity (Wildman–Crippen MR) is 64.8 cm³/mol. The number of benzene rings is 1. The molecule has 0 heterocycles. The number of rotatable bonds is 3. The largest absolute Gasteiger partial charge is 0.486 e. The van der Waals surface area contributed by atoms with Gasteiger partial charge in [-0.1, -0.05) is 12.1 Å². The Morgan fingerprint density at radius 1 is 1.32 bits per heavy atom. The number of allylic oxidation sites excluding steroid dienone is 1. The molecular weight excluding hydrogens is 257 g/mol. The highest BCUT2D eigenvalue weighted by Crippen LogP contribution is 2.37. The van der Waals surface area contributed by atoms with Crippen LogP contribution >= 0.6 is 0 Å². The molecule has 0 spiro atoms. The van der Waals surface area contributed by atoms with Crippen molar-refractivity contribution in [3.8, 4) is 5.75 Å². The molecule has 1 aliphatic rings. The fourth-order valence-electron chi connectivity index (χ4n) is 2.04. The summed E-state index contributed by atoms with van der Waals surface area (Å²) < 4.78 is 44.2. The van der Waals surface area contributed by atoms with E-state index in [-0.39, 0.29) is 17.4 Å². The van der Waals surface area contributed by atoms with Gasteiger partial charge in [0.25, 0.3) is 0 Å². The minimum absolute atomic E-state index is 0.179. The van der Waals surface area contributed by atoms with Gasteiger partial charge in [-0.05, 0) is 43.0 Å². The molecule has 1 aromatic rings. The maximum atomic E-state index is 12.9. The van der Waals surface area contributed by atoms with Crippen LogP contribution in [0.5, 0.6) is 5.75 Å². The molecule has 1 atom stereocenters. The summed E-state index contributed by atoms with van der Waals surface area (Å²) in [5.41, 5.74) is -0.614. The quantitative estimate of drug-likeness (QED) is 0.850. The number of halogens is 3. The number of aliphatic hydroxyl groups excluding tert-OH is 1. The maximum Gasteiger partial charge on any atom is 0.419 e. The van der Waals surface area contributed by atoms with Crippen LogP contribution in [-0.4, -0.2) is 11.2 Å². The van der Waals surface area contributed by atoms with Crippen LogP contribution in [-0.2, 0) is 12.8 Å². The molecule has 0 amide bonds. The van der Waals surface area contributed by atoms with Crippen LogP contribution in [0.1, 0.15) is 30.4 Å². The summed E-state index contributed by atoms with van der Waals surface area (Å²) in [4.78, 5) is 0. The van der Waals surface area contributed by atoms with Crippen LogP contribution in [0, 0.1) is 0 Å². The third-order valence-electron chi connectivity index (χ3n) is 3.02. The molecule has 104 valence electrons. The van der Waals surface area contributed by atoms with Crippen LogP contribution < -0.4 is 4.74 Å². The molecule has 19 heavy (non-hydrogen) atoms. The molecule has 1 aromatic carbocycles. The summed E-state index contributed by atoms with van der Waals surface area (Å²) in [5, 5.41) is 8.92. The molecule has 0 bridgehead atoms. The lowest BCUT2D eigenvalue weighted by Crippen LogP contribution is -2.18. The van der Waals surface area contributed by atoms with Crippen molar-refractivity contribution in [2.75, 3.05) is 0 Å². The van der Waals surface area contributed by atoms with E-state index in [1.54, 1.807) is 6.08 Å². The molecule has 2 rings (SSSR count). The monoisotopic (exact) mass is 272 g/mol. The van der Waals surface area contributed by atoms with E-state index in [2.05, 4.69) is 0 Å². The Balaban J connectivity index is 2.28. The summed E-state index contributed by atoms with van der Waals surface area (Å²) in [6.45, 7) is -0.424. The van der Waals surface area contributed by atoms with E-state index in [9.17, 15) is 13.2 Å². The molecule has 0 fully saturated rings. The minimum Gasteiger partial charge on any atom is -0.486 e. The number of hydrogen-bond donors (Lipinski definition) is 1. The van der Waals surface area contributed by atoms with Gasteiger partial charge in [0.2, 0.25) is 0 Å². The van der Waals surface area contributed by atoms with Crippen molar-refractivity contribution in [1.29, 1.82) is 0 Å². The molecule has 0 saturated heterocycles. The van der Waals surface area contributed by atoms with E-state index < -0.39 is 18.3 Å². The van der Waals surface area contributed by atoms with Crippen LogP contribution in [0.4, 0.5) is 13.2 Å². The highest BCUT2D eigenvalue weighted by molar-refractivity contribution is 5.39. The number of aliphatic hydroxyl groups is 1. The van der Waals surface area contributed by atoms with E-state index in [0.29, 0.717) is 0 Å². The zero-order chi connectivity index (χ0) is 13.9. The lowest BCUT2D eigenvalue weighted by Gasteiger charge is -2.21. The van der Waals surface area contributed by atoms with Crippen molar-refractivity contribution in [1.82, 2.24) is 0 Å². The van der Waals surface area contributed by atoms with Crippen LogP contribution in [0.25, 0.3) is 0 Å². The first-order chi connectivity index (χ1) is 9.00. The van der Waals surface area contributed by atoms with E-state index in [1.165, 1.54) is 12.1 Å². The fourth-order valence-corrected chi connectivity index (χ4v) is 2.04. The molecule has 0 saturated carbocycles. The first-order valence-electron chi connectivity index (χ1n) is 6.15. The van der Waals surface area contributed by atoms with Gasteiger partial charge >= 0.3 is 6.18 Å². The Bertz CT molecular complexity index is 466. The maximum absolute atomic E-state index is 12.9. The Hall–Kier alpha value is -1.49. The highest BCUT2D eigenvalue weighted by atomic mass is 19.4. The van der Waals surface area contributed by atoms with Gasteiger partial charge in [0.15, 0.2) is 0 Å². The number of ether oxygens (including phenoxy) is 1. The molecule has 0 aliphatic heterocycles. The van der Waals surface area contributed by atoms with E-state index in [4.69, 9.17) is 9.84 Å². The summed E-state index contributed by atoms with van der Waals surface area (Å²) in [5.74, 6) is -0.179. The molecule has 1 aliphatic carbocycles. The zero-order valence-corrected chi connectivity index (χ0v) is 10.3. The Morgan fingerprint density at radius 3 is 2.68 bits per heavy atom. The van der Waals surface area contributed by atoms with E-state index in [1.807, 2.05) is 6.08 Å². The highest BCUT2D eigenvalue weighted by Gasteiger charge is 2.35. The van der Waals surface area contributed by atoms with Gasteiger partial charge in [0, 0.05) is 0 Å². The van der Waals surface area contributed by atoms with Crippen molar-refractivity contribution in [2.45, 2.75) is 38.1 Å².